The number of aldehydes is 1. The Morgan fingerprint density at radius 2 is 1.82 bits per heavy atom. The lowest BCUT2D eigenvalue weighted by Gasteiger charge is -2.17. The van der Waals surface area contributed by atoms with E-state index in [4.69, 9.17) is 4.98 Å². The number of amides is 1. The van der Waals surface area contributed by atoms with Crippen LogP contribution in [0.2, 0.25) is 0 Å². The molecule has 0 saturated heterocycles. The standard InChI is InChI=1S/C36H40N4O5/c1-20-14-34-30(6-8-35(43)37-11-10-28(42)19-41)24(5)33-17-32-22(3)13-27(39-32)16-31-21(2)12-26(38-31)15-25(18-40(33)34)23(4)29(20)7-9-36(44)45/h13-19,21,38H,6-12H2,1-5H3,(H,37,43)(H,44,45)/b20-14+,25-18?,26-15?,29-23-,31-16?,32-17?. The highest BCUT2D eigenvalue weighted by Crippen LogP contribution is 2.36. The number of aliphatic carboxylic acids is 1. The smallest absolute Gasteiger partial charge is 0.303 e. The van der Waals surface area contributed by atoms with Gasteiger partial charge in [-0.15, -0.1) is 0 Å². The number of allylic oxidation sites excluding steroid dienone is 4. The SMILES string of the molecule is CC1=Cc2cc3[nH]c(cc4cn5c(c(CCC(=O)NCCC(=O)C=O)c(C)c5cc1n2)/C=C(C)/C(CCC(=O)O)=C\4C)CC3C. The summed E-state index contributed by atoms with van der Waals surface area (Å²) < 4.78 is 2.18. The molecule has 0 aliphatic carbocycles. The Hall–Kier alpha value is -4.79. The van der Waals surface area contributed by atoms with Crippen LogP contribution >= 0.6 is 0 Å². The Bertz CT molecular complexity index is 1850. The zero-order valence-electron chi connectivity index (χ0n) is 26.5. The van der Waals surface area contributed by atoms with Crippen LogP contribution in [0.1, 0.15) is 104 Å². The first kappa shape index (κ1) is 31.6. The quantitative estimate of drug-likeness (QED) is 0.223. The fourth-order valence-electron chi connectivity index (χ4n) is 6.39. The van der Waals surface area contributed by atoms with E-state index in [1.165, 1.54) is 0 Å². The number of rotatable bonds is 10. The van der Waals surface area contributed by atoms with Gasteiger partial charge in [-0.1, -0.05) is 6.92 Å². The molecule has 5 heterocycles. The summed E-state index contributed by atoms with van der Waals surface area (Å²) in [5.41, 5.74) is 12.9. The lowest BCUT2D eigenvalue weighted by molar-refractivity contribution is -0.137. The maximum Gasteiger partial charge on any atom is 0.303 e. The van der Waals surface area contributed by atoms with Crippen molar-refractivity contribution in [2.24, 2.45) is 0 Å². The van der Waals surface area contributed by atoms with Gasteiger partial charge >= 0.3 is 5.97 Å². The number of carboxylic acids is 1. The number of carbonyl (C=O) groups excluding carboxylic acids is 3. The number of aromatic amines is 1. The lowest BCUT2D eigenvalue weighted by Crippen LogP contribution is -2.26. The first-order valence-electron chi connectivity index (χ1n) is 15.4. The number of H-pyrrole nitrogens is 1. The van der Waals surface area contributed by atoms with Crippen LogP contribution in [0.25, 0.3) is 28.8 Å². The molecule has 1 unspecified atom stereocenters. The third-order valence-corrected chi connectivity index (χ3v) is 8.95. The van der Waals surface area contributed by atoms with E-state index in [-0.39, 0.29) is 38.0 Å². The Kier molecular flexibility index (Phi) is 9.18. The summed E-state index contributed by atoms with van der Waals surface area (Å²) in [6.07, 6.45) is 8.49. The van der Waals surface area contributed by atoms with Crippen molar-refractivity contribution in [1.82, 2.24) is 19.7 Å². The van der Waals surface area contributed by atoms with E-state index in [0.717, 1.165) is 79.4 Å². The van der Waals surface area contributed by atoms with Crippen LogP contribution in [0.4, 0.5) is 0 Å². The number of aromatic nitrogens is 3. The highest BCUT2D eigenvalue weighted by atomic mass is 16.4. The van der Waals surface area contributed by atoms with Gasteiger partial charge in [0.1, 0.15) is 0 Å². The van der Waals surface area contributed by atoms with Crippen LogP contribution in [-0.2, 0) is 32.0 Å². The van der Waals surface area contributed by atoms with Gasteiger partial charge in [0.15, 0.2) is 12.1 Å². The summed E-state index contributed by atoms with van der Waals surface area (Å²) in [6.45, 7) is 10.5. The topological polar surface area (TPSA) is 134 Å². The summed E-state index contributed by atoms with van der Waals surface area (Å²) in [7, 11) is 0. The average Bonchev–Trinajstić information content (AvgIpc) is 3.59. The molecule has 1 amide bonds. The molecule has 234 valence electrons. The van der Waals surface area contributed by atoms with Crippen molar-refractivity contribution in [3.63, 3.8) is 0 Å². The second-order valence-electron chi connectivity index (χ2n) is 12.2. The predicted octanol–water partition coefficient (Wildman–Crippen LogP) is 6.02. The Morgan fingerprint density at radius 1 is 1.04 bits per heavy atom. The highest BCUT2D eigenvalue weighted by molar-refractivity contribution is 6.25. The second kappa shape index (κ2) is 13.1. The molecule has 45 heavy (non-hydrogen) atoms. The molecular weight excluding hydrogens is 568 g/mol. The van der Waals surface area contributed by atoms with Gasteiger partial charge in [0.25, 0.3) is 0 Å². The Balaban J connectivity index is 1.74. The van der Waals surface area contributed by atoms with E-state index in [1.54, 1.807) is 0 Å². The van der Waals surface area contributed by atoms with Crippen molar-refractivity contribution < 1.29 is 24.3 Å². The summed E-state index contributed by atoms with van der Waals surface area (Å²) in [5.74, 6) is -1.30. The fourth-order valence-corrected chi connectivity index (χ4v) is 6.39. The molecule has 2 aromatic rings. The monoisotopic (exact) mass is 608 g/mol. The predicted molar refractivity (Wildman–Crippen MR) is 175 cm³/mol. The molecule has 0 radical (unpaired) electrons. The van der Waals surface area contributed by atoms with Gasteiger partial charge in [0.2, 0.25) is 5.91 Å². The summed E-state index contributed by atoms with van der Waals surface area (Å²) in [6, 6.07) is 6.40. The van der Waals surface area contributed by atoms with Gasteiger partial charge in [0.05, 0.1) is 16.9 Å². The van der Waals surface area contributed by atoms with Crippen molar-refractivity contribution in [2.45, 2.75) is 79.1 Å². The molecule has 2 aromatic heterocycles. The molecule has 0 aromatic carbocycles. The van der Waals surface area contributed by atoms with Gasteiger partial charge in [0, 0.05) is 55.0 Å². The number of ketones is 1. The number of hydrogen-bond acceptors (Lipinski definition) is 5. The highest BCUT2D eigenvalue weighted by Gasteiger charge is 2.21. The molecule has 0 spiro atoms. The number of hydrogen-bond donors (Lipinski definition) is 3. The third kappa shape index (κ3) is 6.82. The van der Waals surface area contributed by atoms with Crippen LogP contribution in [0, 0.1) is 6.92 Å². The lowest BCUT2D eigenvalue weighted by atomic mass is 9.91. The molecular formula is C36H40N4O5. The number of nitrogens with one attached hydrogen (secondary N) is 2. The van der Waals surface area contributed by atoms with Crippen molar-refractivity contribution in [3.05, 3.63) is 80.7 Å². The maximum atomic E-state index is 12.8. The zero-order valence-corrected chi connectivity index (χ0v) is 26.5. The summed E-state index contributed by atoms with van der Waals surface area (Å²) >= 11 is 0. The van der Waals surface area contributed by atoms with Crippen LogP contribution in [0.5, 0.6) is 0 Å². The van der Waals surface area contributed by atoms with Crippen molar-refractivity contribution in [2.75, 3.05) is 6.54 Å². The van der Waals surface area contributed by atoms with Crippen LogP contribution in [-0.4, -0.2) is 50.0 Å². The minimum Gasteiger partial charge on any atom is -0.481 e. The minimum absolute atomic E-state index is 0.0205. The zero-order chi connectivity index (χ0) is 32.4. The number of nitrogens with zero attached hydrogens (tertiary/aromatic N) is 2. The van der Waals surface area contributed by atoms with Crippen molar-refractivity contribution in [3.8, 4) is 0 Å². The van der Waals surface area contributed by atoms with Crippen molar-refractivity contribution in [1.29, 1.82) is 0 Å². The van der Waals surface area contributed by atoms with Crippen LogP contribution < -0.4 is 5.32 Å². The largest absolute Gasteiger partial charge is 0.481 e. The Labute approximate surface area is 262 Å². The van der Waals surface area contributed by atoms with E-state index in [9.17, 15) is 24.3 Å². The van der Waals surface area contributed by atoms with Gasteiger partial charge in [-0.25, -0.2) is 4.98 Å². The van der Waals surface area contributed by atoms with Gasteiger partial charge in [-0.3, -0.25) is 19.2 Å². The molecule has 6 bridgehead atoms. The van der Waals surface area contributed by atoms with Crippen molar-refractivity contribution >= 4 is 52.8 Å². The van der Waals surface area contributed by atoms with Gasteiger partial charge in [-0.05, 0) is 116 Å². The molecule has 9 nitrogen and oxygen atoms in total. The van der Waals surface area contributed by atoms with Gasteiger partial charge in [-0.2, -0.15) is 0 Å². The van der Waals surface area contributed by atoms with E-state index >= 15 is 0 Å². The second-order valence-corrected chi connectivity index (χ2v) is 12.2. The molecule has 5 rings (SSSR count). The minimum atomic E-state index is -0.845. The molecule has 3 N–H and O–H groups in total. The number of Topliss-reactive ketones (excluding diaryl/α,β-unsaturated/α-hetero) is 1. The third-order valence-electron chi connectivity index (χ3n) is 8.95. The molecule has 3 aliphatic heterocycles. The molecule has 0 fully saturated rings. The van der Waals surface area contributed by atoms with E-state index in [2.05, 4.69) is 78.9 Å². The number of carboxylic acid groups (broad SMARTS) is 1. The summed E-state index contributed by atoms with van der Waals surface area (Å²) in [5, 5.41) is 12.3. The maximum absolute atomic E-state index is 12.8. The average molecular weight is 609 g/mol. The first-order chi connectivity index (χ1) is 21.4. The van der Waals surface area contributed by atoms with Crippen LogP contribution in [0.3, 0.4) is 0 Å². The molecule has 1 atom stereocenters. The first-order valence-corrected chi connectivity index (χ1v) is 15.4. The van der Waals surface area contributed by atoms with E-state index < -0.39 is 11.8 Å². The van der Waals surface area contributed by atoms with E-state index in [0.29, 0.717) is 18.8 Å². The van der Waals surface area contributed by atoms with Gasteiger partial charge < -0.3 is 19.8 Å². The van der Waals surface area contributed by atoms with Crippen LogP contribution in [0.15, 0.2) is 35.5 Å². The number of carbonyl (C=O) groups is 4. The Morgan fingerprint density at radius 3 is 2.56 bits per heavy atom. The number of fused-ring (bicyclic) bond motifs is 5. The fraction of sp³-hybridized carbons (Fsp3) is 0.361. The normalized spacial score (nSPS) is 18.4. The van der Waals surface area contributed by atoms with E-state index in [1.807, 2.05) is 6.92 Å². The molecule has 3 aliphatic rings. The molecule has 9 heteroatoms. The summed E-state index contributed by atoms with van der Waals surface area (Å²) in [4.78, 5) is 55.0. The molecule has 0 saturated carbocycles. The number of aryl methyl sites for hydroxylation is 1.